The molecule has 14 heavy (non-hydrogen) atoms. The first-order valence-corrected chi connectivity index (χ1v) is 6.05. The summed E-state index contributed by atoms with van der Waals surface area (Å²) in [5.41, 5.74) is 1.45. The maximum Gasteiger partial charge on any atom is 0.0136 e. The summed E-state index contributed by atoms with van der Waals surface area (Å²) in [7, 11) is 0. The van der Waals surface area contributed by atoms with Crippen molar-refractivity contribution in [2.75, 3.05) is 0 Å². The van der Waals surface area contributed by atoms with Crippen molar-refractivity contribution in [1.82, 2.24) is 0 Å². The predicted molar refractivity (Wildman–Crippen MR) is 70.7 cm³/mol. The van der Waals surface area contributed by atoms with Gasteiger partial charge in [-0.05, 0) is 57.5 Å². The number of hydrogen-bond acceptors (Lipinski definition) is 0. The van der Waals surface area contributed by atoms with Gasteiger partial charge in [0.05, 0.1) is 0 Å². The lowest BCUT2D eigenvalue weighted by atomic mass is 10.0. The summed E-state index contributed by atoms with van der Waals surface area (Å²) in [5.74, 6) is 0. The average Bonchev–Trinajstić information content (AvgIpc) is 2.19. The molecular weight excluding hydrogens is 283 g/mol. The normalized spacial score (nSPS) is 10.7. The van der Waals surface area contributed by atoms with E-state index in [0.29, 0.717) is 0 Å². The summed E-state index contributed by atoms with van der Waals surface area (Å²) in [5, 5.41) is 2.70. The Morgan fingerprint density at radius 1 is 1.00 bits per heavy atom. The van der Waals surface area contributed by atoms with Crippen LogP contribution >= 0.6 is 22.6 Å². The molecular formula is C13H13I. The minimum Gasteiger partial charge on any atom is -0.0651 e. The molecule has 0 atom stereocenters. The van der Waals surface area contributed by atoms with Crippen molar-refractivity contribution in [1.29, 1.82) is 0 Å². The first kappa shape index (κ1) is 9.97. The predicted octanol–water partition coefficient (Wildman–Crippen LogP) is 4.40. The Labute approximate surface area is 98.5 Å². The van der Waals surface area contributed by atoms with E-state index in [-0.39, 0.29) is 0 Å². The molecule has 0 unspecified atom stereocenters. The minimum absolute atomic E-state index is 1.18. The van der Waals surface area contributed by atoms with Crippen LogP contribution in [0.4, 0.5) is 0 Å². The van der Waals surface area contributed by atoms with Crippen LogP contribution in [-0.2, 0) is 6.42 Å². The summed E-state index contributed by atoms with van der Waals surface area (Å²) in [6.45, 7) is 2.22. The van der Waals surface area contributed by atoms with Crippen molar-refractivity contribution < 1.29 is 0 Å². The van der Waals surface area contributed by atoms with Crippen molar-refractivity contribution >= 4 is 33.4 Å². The summed E-state index contributed by atoms with van der Waals surface area (Å²) in [6.07, 6.45) is 2.40. The smallest absolute Gasteiger partial charge is 0.0136 e. The molecule has 0 bridgehead atoms. The van der Waals surface area contributed by atoms with Gasteiger partial charge in [-0.25, -0.2) is 0 Å². The van der Waals surface area contributed by atoms with Gasteiger partial charge in [-0.2, -0.15) is 0 Å². The van der Waals surface area contributed by atoms with Crippen LogP contribution in [0.5, 0.6) is 0 Å². The molecule has 0 saturated heterocycles. The van der Waals surface area contributed by atoms with E-state index in [9.17, 15) is 0 Å². The van der Waals surface area contributed by atoms with Gasteiger partial charge in [0.25, 0.3) is 0 Å². The molecule has 2 aromatic rings. The van der Waals surface area contributed by atoms with E-state index in [0.717, 1.165) is 0 Å². The quantitative estimate of drug-likeness (QED) is 0.721. The maximum atomic E-state index is 2.35. The lowest BCUT2D eigenvalue weighted by Crippen LogP contribution is -1.83. The molecule has 0 aliphatic heterocycles. The van der Waals surface area contributed by atoms with Crippen molar-refractivity contribution in [3.05, 3.63) is 45.5 Å². The van der Waals surface area contributed by atoms with Gasteiger partial charge < -0.3 is 0 Å². The van der Waals surface area contributed by atoms with Gasteiger partial charge in [0.1, 0.15) is 0 Å². The van der Waals surface area contributed by atoms with E-state index < -0.39 is 0 Å². The van der Waals surface area contributed by atoms with Gasteiger partial charge in [0.2, 0.25) is 0 Å². The van der Waals surface area contributed by atoms with Gasteiger partial charge in [0, 0.05) is 3.57 Å². The zero-order chi connectivity index (χ0) is 9.97. The second-order valence-electron chi connectivity index (χ2n) is 3.58. The van der Waals surface area contributed by atoms with Crippen LogP contribution in [0.2, 0.25) is 0 Å². The first-order valence-electron chi connectivity index (χ1n) is 4.98. The maximum absolute atomic E-state index is 2.35. The van der Waals surface area contributed by atoms with E-state index in [2.05, 4.69) is 65.9 Å². The molecule has 1 heteroatoms. The standard InChI is InChI=1S/C13H13I/c1-2-3-10-4-5-12-9-13(14)7-6-11(12)8-10/h4-9H,2-3H2,1H3. The van der Waals surface area contributed by atoms with Crippen LogP contribution in [0.3, 0.4) is 0 Å². The number of hydrogen-bond donors (Lipinski definition) is 0. The van der Waals surface area contributed by atoms with Gasteiger partial charge in [-0.1, -0.05) is 37.6 Å². The van der Waals surface area contributed by atoms with Crippen LogP contribution in [0, 0.1) is 3.57 Å². The Morgan fingerprint density at radius 3 is 2.50 bits per heavy atom. The Morgan fingerprint density at radius 2 is 1.71 bits per heavy atom. The van der Waals surface area contributed by atoms with Crippen LogP contribution in [0.25, 0.3) is 10.8 Å². The lowest BCUT2D eigenvalue weighted by Gasteiger charge is -2.02. The molecule has 0 nitrogen and oxygen atoms in total. The van der Waals surface area contributed by atoms with Crippen molar-refractivity contribution in [3.63, 3.8) is 0 Å². The van der Waals surface area contributed by atoms with Crippen LogP contribution < -0.4 is 0 Å². The van der Waals surface area contributed by atoms with Gasteiger partial charge in [-0.15, -0.1) is 0 Å². The van der Waals surface area contributed by atoms with Crippen molar-refractivity contribution in [2.45, 2.75) is 19.8 Å². The molecule has 0 N–H and O–H groups in total. The largest absolute Gasteiger partial charge is 0.0651 e. The molecule has 0 heterocycles. The van der Waals surface area contributed by atoms with Crippen molar-refractivity contribution in [2.24, 2.45) is 0 Å². The Hall–Kier alpha value is -0.570. The highest BCUT2D eigenvalue weighted by Crippen LogP contribution is 2.19. The lowest BCUT2D eigenvalue weighted by molar-refractivity contribution is 0.924. The molecule has 0 radical (unpaired) electrons. The second-order valence-corrected chi connectivity index (χ2v) is 4.82. The fourth-order valence-electron chi connectivity index (χ4n) is 1.71. The topological polar surface area (TPSA) is 0 Å². The molecule has 0 aliphatic carbocycles. The summed E-state index contributed by atoms with van der Waals surface area (Å²) in [6, 6.07) is 13.4. The van der Waals surface area contributed by atoms with Crippen LogP contribution in [0.1, 0.15) is 18.9 Å². The highest BCUT2D eigenvalue weighted by Gasteiger charge is 1.96. The molecule has 0 aromatic heterocycles. The summed E-state index contributed by atoms with van der Waals surface area (Å²) < 4.78 is 1.30. The summed E-state index contributed by atoms with van der Waals surface area (Å²) >= 11 is 2.35. The average molecular weight is 296 g/mol. The third-order valence-electron chi connectivity index (χ3n) is 2.41. The molecule has 0 saturated carbocycles. The Balaban J connectivity index is 2.50. The summed E-state index contributed by atoms with van der Waals surface area (Å²) in [4.78, 5) is 0. The van der Waals surface area contributed by atoms with Gasteiger partial charge in [-0.3, -0.25) is 0 Å². The van der Waals surface area contributed by atoms with Crippen LogP contribution in [-0.4, -0.2) is 0 Å². The van der Waals surface area contributed by atoms with E-state index in [1.165, 1.54) is 32.7 Å². The highest BCUT2D eigenvalue weighted by atomic mass is 127. The Bertz CT molecular complexity index is 446. The van der Waals surface area contributed by atoms with Crippen LogP contribution in [0.15, 0.2) is 36.4 Å². The molecule has 2 rings (SSSR count). The third kappa shape index (κ3) is 2.08. The van der Waals surface area contributed by atoms with E-state index in [1.54, 1.807) is 0 Å². The van der Waals surface area contributed by atoms with Gasteiger partial charge >= 0.3 is 0 Å². The monoisotopic (exact) mass is 296 g/mol. The van der Waals surface area contributed by atoms with E-state index in [4.69, 9.17) is 0 Å². The SMILES string of the molecule is CCCc1ccc2cc(I)ccc2c1. The Kier molecular flexibility index (Phi) is 3.06. The fraction of sp³-hybridized carbons (Fsp3) is 0.231. The van der Waals surface area contributed by atoms with Gasteiger partial charge in [0.15, 0.2) is 0 Å². The van der Waals surface area contributed by atoms with E-state index in [1.807, 2.05) is 0 Å². The second kappa shape index (κ2) is 4.30. The molecule has 0 aliphatic rings. The number of fused-ring (bicyclic) bond motifs is 1. The van der Waals surface area contributed by atoms with E-state index >= 15 is 0 Å². The minimum atomic E-state index is 1.18. The molecule has 2 aromatic carbocycles. The molecule has 0 amide bonds. The first-order chi connectivity index (χ1) is 6.79. The molecule has 0 fully saturated rings. The number of benzene rings is 2. The van der Waals surface area contributed by atoms with Crippen molar-refractivity contribution in [3.8, 4) is 0 Å². The molecule has 0 spiro atoms. The fourth-order valence-corrected chi connectivity index (χ4v) is 2.23. The highest BCUT2D eigenvalue weighted by molar-refractivity contribution is 14.1. The third-order valence-corrected chi connectivity index (χ3v) is 3.08. The zero-order valence-electron chi connectivity index (χ0n) is 8.26. The number of rotatable bonds is 2. The number of aryl methyl sites for hydroxylation is 1. The zero-order valence-corrected chi connectivity index (χ0v) is 10.4. The molecule has 72 valence electrons. The number of halogens is 1.